The molecule has 0 aliphatic carbocycles. The Balaban J connectivity index is 1.26. The quantitative estimate of drug-likeness (QED) is 0.827. The highest BCUT2D eigenvalue weighted by atomic mass is 35.5. The second kappa shape index (κ2) is 8.09. The molecule has 27 heavy (non-hydrogen) atoms. The first-order chi connectivity index (χ1) is 13.1. The van der Waals surface area contributed by atoms with Crippen molar-refractivity contribution in [3.63, 3.8) is 0 Å². The van der Waals surface area contributed by atoms with Gasteiger partial charge in [0.25, 0.3) is 0 Å². The zero-order valence-electron chi connectivity index (χ0n) is 15.1. The minimum absolute atomic E-state index is 0.00471. The molecule has 4 rings (SSSR count). The lowest BCUT2D eigenvalue weighted by atomic mass is 10.0. The van der Waals surface area contributed by atoms with E-state index in [0.717, 1.165) is 38.3 Å². The number of nitrogens with zero attached hydrogens (tertiary/aromatic N) is 2. The number of halogens is 2. The molecule has 0 saturated carbocycles. The Morgan fingerprint density at radius 3 is 2.30 bits per heavy atom. The molecule has 2 amide bonds. The van der Waals surface area contributed by atoms with Crippen molar-refractivity contribution in [2.45, 2.75) is 13.1 Å². The number of hydrogen-bond acceptors (Lipinski definition) is 2. The Morgan fingerprint density at radius 2 is 1.63 bits per heavy atom. The van der Waals surface area contributed by atoms with Crippen molar-refractivity contribution in [3.8, 4) is 0 Å². The van der Waals surface area contributed by atoms with Crippen LogP contribution in [0.15, 0.2) is 48.5 Å². The van der Waals surface area contributed by atoms with Gasteiger partial charge in [0, 0.05) is 39.3 Å². The largest absolute Gasteiger partial charge is 0.334 e. The maximum atomic E-state index is 12.5. The third-order valence-corrected chi connectivity index (χ3v) is 6.26. The summed E-state index contributed by atoms with van der Waals surface area (Å²) in [6.45, 7) is 5.26. The summed E-state index contributed by atoms with van der Waals surface area (Å²) < 4.78 is 0. The van der Waals surface area contributed by atoms with E-state index >= 15 is 0 Å². The van der Waals surface area contributed by atoms with Gasteiger partial charge in [0.1, 0.15) is 0 Å². The van der Waals surface area contributed by atoms with Crippen molar-refractivity contribution < 1.29 is 4.79 Å². The van der Waals surface area contributed by atoms with Gasteiger partial charge >= 0.3 is 6.03 Å². The van der Waals surface area contributed by atoms with E-state index in [4.69, 9.17) is 23.2 Å². The van der Waals surface area contributed by atoms with Gasteiger partial charge in [0.2, 0.25) is 0 Å². The van der Waals surface area contributed by atoms with Gasteiger partial charge in [-0.05, 0) is 35.1 Å². The summed E-state index contributed by atoms with van der Waals surface area (Å²) in [6, 6.07) is 16.0. The number of likely N-dealkylation sites (tertiary alicyclic amines) is 2. The molecule has 0 bridgehead atoms. The van der Waals surface area contributed by atoms with Gasteiger partial charge in [-0.1, -0.05) is 59.6 Å². The van der Waals surface area contributed by atoms with E-state index in [1.54, 1.807) is 12.1 Å². The van der Waals surface area contributed by atoms with Crippen LogP contribution in [0.2, 0.25) is 10.0 Å². The molecule has 2 unspecified atom stereocenters. The molecule has 2 saturated heterocycles. The molecule has 2 atom stereocenters. The van der Waals surface area contributed by atoms with Crippen molar-refractivity contribution in [3.05, 3.63) is 69.7 Å². The minimum atomic E-state index is 0.00471. The van der Waals surface area contributed by atoms with E-state index in [1.807, 2.05) is 11.0 Å². The van der Waals surface area contributed by atoms with Crippen LogP contribution in [-0.2, 0) is 13.1 Å². The second-order valence-electron chi connectivity index (χ2n) is 7.51. The maximum absolute atomic E-state index is 12.5. The fourth-order valence-electron chi connectivity index (χ4n) is 4.17. The first-order valence-electron chi connectivity index (χ1n) is 9.31. The Kier molecular flexibility index (Phi) is 5.58. The van der Waals surface area contributed by atoms with Gasteiger partial charge in [0.15, 0.2) is 0 Å². The molecule has 2 aliphatic rings. The van der Waals surface area contributed by atoms with Gasteiger partial charge < -0.3 is 10.2 Å². The van der Waals surface area contributed by atoms with E-state index in [1.165, 1.54) is 5.56 Å². The SMILES string of the molecule is O=C(NCc1ccc(Cl)c(Cl)c1)N1CC2CN(Cc3ccccc3)CC2C1. The molecular weight excluding hydrogens is 381 g/mol. The molecule has 0 aromatic heterocycles. The fraction of sp³-hybridized carbons (Fsp3) is 0.381. The van der Waals surface area contributed by atoms with E-state index in [0.29, 0.717) is 28.4 Å². The van der Waals surface area contributed by atoms with Gasteiger partial charge in [-0.25, -0.2) is 4.79 Å². The summed E-state index contributed by atoms with van der Waals surface area (Å²) in [5.41, 5.74) is 2.31. The zero-order chi connectivity index (χ0) is 18.8. The summed E-state index contributed by atoms with van der Waals surface area (Å²) in [5, 5.41) is 4.04. The van der Waals surface area contributed by atoms with Crippen LogP contribution in [0, 0.1) is 11.8 Å². The molecule has 142 valence electrons. The summed E-state index contributed by atoms with van der Waals surface area (Å²) in [4.78, 5) is 17.0. The average Bonchev–Trinajstić information content (AvgIpc) is 3.22. The van der Waals surface area contributed by atoms with E-state index in [-0.39, 0.29) is 6.03 Å². The monoisotopic (exact) mass is 403 g/mol. The Morgan fingerprint density at radius 1 is 0.926 bits per heavy atom. The lowest BCUT2D eigenvalue weighted by molar-refractivity contribution is 0.198. The van der Waals surface area contributed by atoms with E-state index < -0.39 is 0 Å². The smallest absolute Gasteiger partial charge is 0.317 e. The molecule has 6 heteroatoms. The van der Waals surface area contributed by atoms with Crippen LogP contribution < -0.4 is 5.32 Å². The number of nitrogens with one attached hydrogen (secondary N) is 1. The Labute approximate surface area is 170 Å². The van der Waals surface area contributed by atoms with Crippen molar-refractivity contribution >= 4 is 29.2 Å². The molecule has 2 heterocycles. The Hall–Kier alpha value is -1.75. The number of fused-ring (bicyclic) bond motifs is 1. The van der Waals surface area contributed by atoms with Crippen LogP contribution >= 0.6 is 23.2 Å². The molecule has 4 nitrogen and oxygen atoms in total. The highest BCUT2D eigenvalue weighted by Crippen LogP contribution is 2.32. The van der Waals surface area contributed by atoms with Gasteiger partial charge in [0.05, 0.1) is 10.0 Å². The van der Waals surface area contributed by atoms with Crippen molar-refractivity contribution in [1.82, 2.24) is 15.1 Å². The summed E-state index contributed by atoms with van der Waals surface area (Å²) >= 11 is 12.0. The number of hydrogen-bond donors (Lipinski definition) is 1. The molecule has 0 radical (unpaired) electrons. The number of rotatable bonds is 4. The highest BCUT2D eigenvalue weighted by Gasteiger charge is 2.41. The van der Waals surface area contributed by atoms with Crippen molar-refractivity contribution in [2.24, 2.45) is 11.8 Å². The third-order valence-electron chi connectivity index (χ3n) is 5.53. The average molecular weight is 404 g/mol. The van der Waals surface area contributed by atoms with Crippen molar-refractivity contribution in [1.29, 1.82) is 0 Å². The minimum Gasteiger partial charge on any atom is -0.334 e. The van der Waals surface area contributed by atoms with E-state index in [2.05, 4.69) is 40.5 Å². The number of carbonyl (C=O) groups excluding carboxylic acids is 1. The Bertz CT molecular complexity index is 800. The van der Waals surface area contributed by atoms with Gasteiger partial charge in [-0.15, -0.1) is 0 Å². The van der Waals surface area contributed by atoms with Crippen LogP contribution in [0.5, 0.6) is 0 Å². The second-order valence-corrected chi connectivity index (χ2v) is 8.33. The molecule has 2 aromatic rings. The van der Waals surface area contributed by atoms with Crippen LogP contribution in [0.3, 0.4) is 0 Å². The standard InChI is InChI=1S/C21H23Cl2N3O/c22-19-7-6-16(8-20(19)23)9-24-21(27)26-13-17-11-25(12-18(17)14-26)10-15-4-2-1-3-5-15/h1-8,17-18H,9-14H2,(H,24,27). The van der Waals surface area contributed by atoms with Crippen LogP contribution in [0.25, 0.3) is 0 Å². The number of benzene rings is 2. The first-order valence-corrected chi connectivity index (χ1v) is 10.1. The molecule has 2 aliphatic heterocycles. The third kappa shape index (κ3) is 4.40. The van der Waals surface area contributed by atoms with Crippen LogP contribution in [0.4, 0.5) is 4.79 Å². The number of carbonyl (C=O) groups is 1. The molecule has 0 spiro atoms. The summed E-state index contributed by atoms with van der Waals surface area (Å²) in [6.07, 6.45) is 0. The summed E-state index contributed by atoms with van der Waals surface area (Å²) in [7, 11) is 0. The molecule has 1 N–H and O–H groups in total. The molecule has 2 fully saturated rings. The first kappa shape index (κ1) is 18.6. The van der Waals surface area contributed by atoms with Crippen LogP contribution in [0.1, 0.15) is 11.1 Å². The van der Waals surface area contributed by atoms with E-state index in [9.17, 15) is 4.79 Å². The summed E-state index contributed by atoms with van der Waals surface area (Å²) in [5.74, 6) is 1.15. The van der Waals surface area contributed by atoms with Crippen molar-refractivity contribution in [2.75, 3.05) is 26.2 Å². The predicted molar refractivity (Wildman–Crippen MR) is 109 cm³/mol. The number of amides is 2. The maximum Gasteiger partial charge on any atom is 0.317 e. The molecular formula is C21H23Cl2N3O. The molecule has 2 aromatic carbocycles. The lowest BCUT2D eigenvalue weighted by Crippen LogP contribution is -2.40. The topological polar surface area (TPSA) is 35.6 Å². The highest BCUT2D eigenvalue weighted by molar-refractivity contribution is 6.42. The predicted octanol–water partition coefficient (Wildman–Crippen LogP) is 4.27. The van der Waals surface area contributed by atoms with Gasteiger partial charge in [-0.2, -0.15) is 0 Å². The van der Waals surface area contributed by atoms with Gasteiger partial charge in [-0.3, -0.25) is 4.90 Å². The van der Waals surface area contributed by atoms with Crippen LogP contribution in [-0.4, -0.2) is 42.0 Å². The fourth-order valence-corrected chi connectivity index (χ4v) is 4.49. The number of urea groups is 1. The zero-order valence-corrected chi connectivity index (χ0v) is 16.6. The normalized spacial score (nSPS) is 22.1. The lowest BCUT2D eigenvalue weighted by Gasteiger charge is -2.22.